The summed E-state index contributed by atoms with van der Waals surface area (Å²) >= 11 is 0.726. The zero-order valence-corrected chi connectivity index (χ0v) is 16.5. The van der Waals surface area contributed by atoms with E-state index in [1.165, 1.54) is 19.1 Å². The quantitative estimate of drug-likeness (QED) is 0.380. The van der Waals surface area contributed by atoms with E-state index < -0.39 is 35.7 Å². The molecular weight excluding hydrogens is 467 g/mol. The molecule has 3 aromatic heterocycles. The molecule has 4 aromatic rings. The second kappa shape index (κ2) is 7.43. The van der Waals surface area contributed by atoms with Crippen molar-refractivity contribution in [3.8, 4) is 17.1 Å². The van der Waals surface area contributed by atoms with Crippen LogP contribution in [-0.4, -0.2) is 27.5 Å². The number of fused-ring (bicyclic) bond motifs is 3. The molecule has 0 amide bonds. The third-order valence-corrected chi connectivity index (χ3v) is 5.47. The van der Waals surface area contributed by atoms with Crippen LogP contribution in [0.4, 0.5) is 30.7 Å². The number of nitrogens with one attached hydrogen (secondary N) is 1. The van der Waals surface area contributed by atoms with Gasteiger partial charge in [0.05, 0.1) is 5.52 Å². The first-order valence-corrected chi connectivity index (χ1v) is 9.55. The summed E-state index contributed by atoms with van der Waals surface area (Å²) in [6.45, 7) is 1.41. The molecule has 0 radical (unpaired) electrons. The molecular formula is C19H10F7N3O2S. The molecule has 0 unspecified atom stereocenters. The van der Waals surface area contributed by atoms with Crippen LogP contribution in [0.3, 0.4) is 0 Å². The highest BCUT2D eigenvalue weighted by molar-refractivity contribution is 7.25. The highest BCUT2D eigenvalue weighted by Gasteiger charge is 2.44. The Kier molecular flexibility index (Phi) is 5.11. The maximum Gasteiger partial charge on any atom is 0.461 e. The van der Waals surface area contributed by atoms with E-state index >= 15 is 0 Å². The van der Waals surface area contributed by atoms with E-state index in [1.54, 1.807) is 0 Å². The number of hydrogen-bond acceptors (Lipinski definition) is 5. The van der Waals surface area contributed by atoms with Crippen molar-refractivity contribution in [2.75, 3.05) is 0 Å². The van der Waals surface area contributed by atoms with Crippen molar-refractivity contribution >= 4 is 31.8 Å². The van der Waals surface area contributed by atoms with E-state index in [4.69, 9.17) is 0 Å². The molecule has 0 bridgehead atoms. The molecule has 4 rings (SSSR count). The number of alkyl halides is 7. The molecule has 13 heteroatoms. The van der Waals surface area contributed by atoms with Crippen molar-refractivity contribution in [1.29, 1.82) is 0 Å². The normalized spacial score (nSPS) is 12.8. The van der Waals surface area contributed by atoms with Crippen LogP contribution in [0.15, 0.2) is 35.1 Å². The van der Waals surface area contributed by atoms with E-state index in [0.29, 0.717) is 0 Å². The summed E-state index contributed by atoms with van der Waals surface area (Å²) in [4.78, 5) is 22.8. The number of thiophene rings is 1. The van der Waals surface area contributed by atoms with Gasteiger partial charge in [0.15, 0.2) is 0 Å². The Bertz CT molecular complexity index is 1400. The Morgan fingerprint density at radius 1 is 1.09 bits per heavy atom. The second-order valence-corrected chi connectivity index (χ2v) is 7.69. The van der Waals surface area contributed by atoms with Crippen molar-refractivity contribution in [3.05, 3.63) is 51.9 Å². The standard InChI is InChI=1S/C19H10F7N3O2S/c1-7-5-10(18(22,23)24)27-16-11(7)12-13(32-16)15(30)29-14(28-12)8-3-2-4-9(6-8)31-19(25,26)17(20)21/h2-6,17H,1H3,(H,28,29,30). The van der Waals surface area contributed by atoms with Gasteiger partial charge in [-0.3, -0.25) is 4.79 Å². The fraction of sp³-hybridized carbons (Fsp3) is 0.211. The van der Waals surface area contributed by atoms with Crippen LogP contribution in [-0.2, 0) is 6.18 Å². The Morgan fingerprint density at radius 3 is 2.47 bits per heavy atom. The highest BCUT2D eigenvalue weighted by atomic mass is 32.1. The summed E-state index contributed by atoms with van der Waals surface area (Å²) < 4.78 is 94.5. The molecule has 0 fully saturated rings. The Balaban J connectivity index is 1.86. The molecule has 0 atom stereocenters. The lowest BCUT2D eigenvalue weighted by atomic mass is 10.1. The molecule has 168 valence electrons. The number of aromatic nitrogens is 3. The average Bonchev–Trinajstić information content (AvgIpc) is 3.07. The van der Waals surface area contributed by atoms with Gasteiger partial charge in [0, 0.05) is 10.9 Å². The predicted octanol–water partition coefficient (Wildman–Crippen LogP) is 5.76. The van der Waals surface area contributed by atoms with Crippen molar-refractivity contribution in [3.63, 3.8) is 0 Å². The van der Waals surface area contributed by atoms with Crippen molar-refractivity contribution in [1.82, 2.24) is 15.0 Å². The van der Waals surface area contributed by atoms with Gasteiger partial charge in [0.1, 0.15) is 26.8 Å². The summed E-state index contributed by atoms with van der Waals surface area (Å²) in [6.07, 6.45) is -13.5. The first kappa shape index (κ1) is 22.0. The van der Waals surface area contributed by atoms with Gasteiger partial charge in [-0.15, -0.1) is 11.3 Å². The molecule has 0 saturated carbocycles. The van der Waals surface area contributed by atoms with Crippen molar-refractivity contribution in [2.45, 2.75) is 25.6 Å². The summed E-state index contributed by atoms with van der Waals surface area (Å²) in [7, 11) is 0. The van der Waals surface area contributed by atoms with Gasteiger partial charge in [-0.1, -0.05) is 12.1 Å². The number of ether oxygens (including phenoxy) is 1. The Hall–Kier alpha value is -3.22. The van der Waals surface area contributed by atoms with E-state index in [2.05, 4.69) is 19.7 Å². The summed E-state index contributed by atoms with van der Waals surface area (Å²) in [6, 6.07) is 5.41. The minimum Gasteiger partial charge on any atom is -0.428 e. The lowest BCUT2D eigenvalue weighted by Crippen LogP contribution is -2.33. The van der Waals surface area contributed by atoms with Gasteiger partial charge in [-0.25, -0.2) is 9.97 Å². The first-order chi connectivity index (χ1) is 14.9. The van der Waals surface area contributed by atoms with Crippen LogP contribution in [0.25, 0.3) is 31.8 Å². The average molecular weight is 477 g/mol. The van der Waals surface area contributed by atoms with Gasteiger partial charge in [-0.05, 0) is 30.7 Å². The van der Waals surface area contributed by atoms with Gasteiger partial charge < -0.3 is 9.72 Å². The fourth-order valence-corrected chi connectivity index (χ4v) is 4.10. The molecule has 0 spiro atoms. The Morgan fingerprint density at radius 2 is 1.81 bits per heavy atom. The molecule has 1 N–H and O–H groups in total. The number of pyridine rings is 1. The first-order valence-electron chi connectivity index (χ1n) is 8.73. The summed E-state index contributed by atoms with van der Waals surface area (Å²) in [5, 5.41) is 0.238. The maximum absolute atomic E-state index is 13.2. The van der Waals surface area contributed by atoms with Gasteiger partial charge in [-0.2, -0.15) is 30.7 Å². The number of aryl methyl sites for hydroxylation is 1. The van der Waals surface area contributed by atoms with Crippen LogP contribution >= 0.6 is 11.3 Å². The monoisotopic (exact) mass is 477 g/mol. The van der Waals surface area contributed by atoms with Crippen LogP contribution in [0, 0.1) is 6.92 Å². The second-order valence-electron chi connectivity index (χ2n) is 6.69. The number of H-pyrrole nitrogens is 1. The van der Waals surface area contributed by atoms with Crippen molar-refractivity contribution in [2.24, 2.45) is 0 Å². The lowest BCUT2D eigenvalue weighted by Gasteiger charge is -2.17. The fourth-order valence-electron chi connectivity index (χ4n) is 3.02. The van der Waals surface area contributed by atoms with Crippen LogP contribution in [0.1, 0.15) is 11.3 Å². The number of nitrogens with zero attached hydrogens (tertiary/aromatic N) is 2. The SMILES string of the molecule is Cc1cc(C(F)(F)F)nc2sc3c(=O)[nH]c(-c4cccc(OC(F)(F)C(F)F)c4)nc3c12. The van der Waals surface area contributed by atoms with Crippen LogP contribution in [0.2, 0.25) is 0 Å². The number of halogens is 7. The van der Waals surface area contributed by atoms with E-state index in [0.717, 1.165) is 29.5 Å². The summed E-state index contributed by atoms with van der Waals surface area (Å²) in [5.41, 5.74) is -1.48. The van der Waals surface area contributed by atoms with Crippen LogP contribution < -0.4 is 10.3 Å². The van der Waals surface area contributed by atoms with E-state index in [1.807, 2.05) is 0 Å². The topological polar surface area (TPSA) is 67.9 Å². The number of aromatic amines is 1. The molecule has 1 aromatic carbocycles. The number of benzene rings is 1. The van der Waals surface area contributed by atoms with E-state index in [9.17, 15) is 35.5 Å². The Labute approximate surface area is 177 Å². The lowest BCUT2D eigenvalue weighted by molar-refractivity contribution is -0.253. The molecule has 0 aliphatic rings. The van der Waals surface area contributed by atoms with Gasteiger partial charge >= 0.3 is 18.7 Å². The molecule has 5 nitrogen and oxygen atoms in total. The highest BCUT2D eigenvalue weighted by Crippen LogP contribution is 2.37. The van der Waals surface area contributed by atoms with Gasteiger partial charge in [0.25, 0.3) is 5.56 Å². The van der Waals surface area contributed by atoms with Crippen LogP contribution in [0.5, 0.6) is 5.75 Å². The number of rotatable bonds is 4. The number of hydrogen-bond donors (Lipinski definition) is 1. The molecule has 3 heterocycles. The van der Waals surface area contributed by atoms with Gasteiger partial charge in [0.2, 0.25) is 0 Å². The molecule has 0 aliphatic carbocycles. The largest absolute Gasteiger partial charge is 0.461 e. The molecule has 0 saturated heterocycles. The van der Waals surface area contributed by atoms with Crippen molar-refractivity contribution < 1.29 is 35.5 Å². The summed E-state index contributed by atoms with van der Waals surface area (Å²) in [5.74, 6) is -0.717. The molecule has 0 aliphatic heterocycles. The van der Waals surface area contributed by atoms with E-state index in [-0.39, 0.29) is 37.4 Å². The molecule has 32 heavy (non-hydrogen) atoms. The maximum atomic E-state index is 13.2. The third-order valence-electron chi connectivity index (χ3n) is 4.40. The smallest absolute Gasteiger partial charge is 0.428 e. The predicted molar refractivity (Wildman–Crippen MR) is 102 cm³/mol. The zero-order valence-electron chi connectivity index (χ0n) is 15.7. The third kappa shape index (κ3) is 3.87. The zero-order chi connectivity index (χ0) is 23.4. The minimum atomic E-state index is -4.73. The minimum absolute atomic E-state index is 0.0234.